The number of aromatic nitrogens is 3. The molecule has 1 fully saturated rings. The van der Waals surface area contributed by atoms with Gasteiger partial charge in [-0.1, -0.05) is 22.0 Å². The number of ether oxygens (including phenoxy) is 1. The summed E-state index contributed by atoms with van der Waals surface area (Å²) in [4.78, 5) is 20.3. The van der Waals surface area contributed by atoms with Gasteiger partial charge in [-0.15, -0.1) is 4.80 Å². The highest BCUT2D eigenvalue weighted by Crippen LogP contribution is 2.37. The lowest BCUT2D eigenvalue weighted by atomic mass is 9.95. The number of likely N-dealkylation sites (tertiary alicyclic amines) is 1. The van der Waals surface area contributed by atoms with Gasteiger partial charge in [-0.3, -0.25) is 4.90 Å². The molecule has 0 radical (unpaired) electrons. The van der Waals surface area contributed by atoms with Gasteiger partial charge >= 0.3 is 5.97 Å². The summed E-state index contributed by atoms with van der Waals surface area (Å²) in [6.45, 7) is 1.15. The molecule has 34 heavy (non-hydrogen) atoms. The van der Waals surface area contributed by atoms with Gasteiger partial charge in [-0.25, -0.2) is 23.0 Å². The van der Waals surface area contributed by atoms with Crippen molar-refractivity contribution in [1.29, 1.82) is 0 Å². The second kappa shape index (κ2) is 9.84. The number of nitrogens with zero attached hydrogens (tertiary/aromatic N) is 5. The molecule has 3 heterocycles. The molecule has 4 rings (SSSR count). The topological polar surface area (TPSA) is 105 Å². The van der Waals surface area contributed by atoms with Gasteiger partial charge in [0.2, 0.25) is 5.96 Å². The third kappa shape index (κ3) is 5.00. The van der Waals surface area contributed by atoms with E-state index in [1.54, 1.807) is 6.92 Å². The first-order valence-corrected chi connectivity index (χ1v) is 11.3. The molecule has 1 aromatic heterocycles. The maximum absolute atomic E-state index is 14.2. The molecule has 2 aliphatic heterocycles. The molecule has 2 N–H and O–H groups in total. The Hall–Kier alpha value is -2.77. The molecular weight excluding hydrogens is 521 g/mol. The Morgan fingerprint density at radius 2 is 2.09 bits per heavy atom. The van der Waals surface area contributed by atoms with E-state index in [9.17, 15) is 23.1 Å². The van der Waals surface area contributed by atoms with E-state index in [1.807, 2.05) is 0 Å². The maximum atomic E-state index is 14.2. The van der Waals surface area contributed by atoms with E-state index in [4.69, 9.17) is 4.74 Å². The molecule has 0 aliphatic carbocycles. The molecule has 2 aliphatic rings. The molecule has 2 unspecified atom stereocenters. The van der Waals surface area contributed by atoms with Crippen LogP contribution in [0.4, 0.5) is 13.2 Å². The molecule has 1 aromatic carbocycles. The van der Waals surface area contributed by atoms with E-state index in [-0.39, 0.29) is 43.3 Å². The molecule has 0 spiro atoms. The quantitative estimate of drug-likeness (QED) is 0.558. The number of esters is 1. The minimum absolute atomic E-state index is 0.0773. The first-order chi connectivity index (χ1) is 16.2. The fourth-order valence-corrected chi connectivity index (χ4v) is 4.45. The van der Waals surface area contributed by atoms with Gasteiger partial charge in [0.15, 0.2) is 0 Å². The van der Waals surface area contributed by atoms with E-state index in [0.717, 1.165) is 0 Å². The maximum Gasteiger partial charge on any atom is 0.338 e. The first-order valence-electron chi connectivity index (χ1n) is 10.5. The van der Waals surface area contributed by atoms with Crippen LogP contribution in [0.1, 0.15) is 24.9 Å². The Labute approximate surface area is 201 Å². The van der Waals surface area contributed by atoms with Crippen molar-refractivity contribution in [2.24, 2.45) is 4.99 Å². The molecule has 0 bridgehead atoms. The Balaban J connectivity index is 1.80. The van der Waals surface area contributed by atoms with Crippen molar-refractivity contribution in [1.82, 2.24) is 25.2 Å². The summed E-state index contributed by atoms with van der Waals surface area (Å²) in [7, 11) is 0. The molecule has 13 heteroatoms. The lowest BCUT2D eigenvalue weighted by Gasteiger charge is -2.37. The van der Waals surface area contributed by atoms with Crippen molar-refractivity contribution in [2.45, 2.75) is 31.4 Å². The van der Waals surface area contributed by atoms with Gasteiger partial charge in [0.25, 0.3) is 5.92 Å². The zero-order valence-electron chi connectivity index (χ0n) is 18.1. The molecule has 2 atom stereocenters. The average molecular weight is 543 g/mol. The number of carbonyl (C=O) groups excluding carboxylic acids is 1. The number of benzene rings is 1. The van der Waals surface area contributed by atoms with E-state index in [0.29, 0.717) is 10.0 Å². The van der Waals surface area contributed by atoms with Crippen molar-refractivity contribution in [3.8, 4) is 0 Å². The van der Waals surface area contributed by atoms with Crippen molar-refractivity contribution in [2.75, 3.05) is 26.2 Å². The normalized spacial score (nSPS) is 22.8. The highest BCUT2D eigenvalue weighted by Gasteiger charge is 2.44. The number of carbonyl (C=O) groups is 1. The molecule has 182 valence electrons. The van der Waals surface area contributed by atoms with Crippen LogP contribution in [-0.2, 0) is 9.53 Å². The van der Waals surface area contributed by atoms with Gasteiger partial charge < -0.3 is 15.2 Å². The van der Waals surface area contributed by atoms with Crippen LogP contribution in [0, 0.1) is 5.82 Å². The zero-order chi connectivity index (χ0) is 24.5. The van der Waals surface area contributed by atoms with Crippen LogP contribution in [0.5, 0.6) is 0 Å². The zero-order valence-corrected chi connectivity index (χ0v) is 19.7. The van der Waals surface area contributed by atoms with Gasteiger partial charge in [0.1, 0.15) is 18.0 Å². The Morgan fingerprint density at radius 1 is 1.35 bits per heavy atom. The van der Waals surface area contributed by atoms with Crippen molar-refractivity contribution < 1.29 is 27.8 Å². The summed E-state index contributed by atoms with van der Waals surface area (Å²) < 4.78 is 47.8. The van der Waals surface area contributed by atoms with Gasteiger partial charge in [-0.2, -0.15) is 10.2 Å². The minimum Gasteiger partial charge on any atom is -0.463 e. The first kappa shape index (κ1) is 24.4. The summed E-state index contributed by atoms with van der Waals surface area (Å²) >= 11 is 3.33. The number of rotatable bonds is 5. The lowest BCUT2D eigenvalue weighted by molar-refractivity contribution is -0.148. The summed E-state index contributed by atoms with van der Waals surface area (Å²) in [6, 6.07) is 3.00. The second-order valence-electron chi connectivity index (χ2n) is 7.85. The summed E-state index contributed by atoms with van der Waals surface area (Å²) in [5, 5.41) is 20.7. The lowest BCUT2D eigenvalue weighted by Crippen LogP contribution is -2.53. The fourth-order valence-electron chi connectivity index (χ4n) is 3.89. The number of piperidine rings is 1. The monoisotopic (exact) mass is 542 g/mol. The Bertz CT molecular complexity index is 1120. The van der Waals surface area contributed by atoms with Crippen LogP contribution in [-0.4, -0.2) is 75.2 Å². The summed E-state index contributed by atoms with van der Waals surface area (Å²) in [5.41, 5.74) is 0.834. The molecule has 0 amide bonds. The van der Waals surface area contributed by atoms with Crippen molar-refractivity contribution in [3.05, 3.63) is 57.7 Å². The highest BCUT2D eigenvalue weighted by atomic mass is 79.9. The van der Waals surface area contributed by atoms with E-state index < -0.39 is 36.4 Å². The third-order valence-corrected chi connectivity index (χ3v) is 6.18. The van der Waals surface area contributed by atoms with Gasteiger partial charge in [-0.05, 0) is 31.0 Å². The molecular formula is C21H22BrF3N6O3. The van der Waals surface area contributed by atoms with Crippen LogP contribution in [0.25, 0.3) is 0 Å². The Kier molecular flexibility index (Phi) is 7.05. The highest BCUT2D eigenvalue weighted by molar-refractivity contribution is 9.10. The van der Waals surface area contributed by atoms with Gasteiger partial charge in [0, 0.05) is 23.3 Å². The number of halogens is 4. The summed E-state index contributed by atoms with van der Waals surface area (Å²) in [5.74, 6) is -4.32. The van der Waals surface area contributed by atoms with Crippen molar-refractivity contribution >= 4 is 27.9 Å². The van der Waals surface area contributed by atoms with Crippen molar-refractivity contribution in [3.63, 3.8) is 0 Å². The van der Waals surface area contributed by atoms with E-state index in [2.05, 4.69) is 36.4 Å². The number of alkyl halides is 2. The number of hydrogen-bond donors (Lipinski definition) is 2. The number of aliphatic imine (C=N–C) groups is 1. The SMILES string of the molecule is CCOC(=O)C1=C(CN2CCC(O)C(F)(F)C2)NC(n2nccn2)=NC1c1ccc(F)cc1Br. The third-order valence-electron chi connectivity index (χ3n) is 5.50. The van der Waals surface area contributed by atoms with Crippen LogP contribution in [0.15, 0.2) is 51.3 Å². The second-order valence-corrected chi connectivity index (χ2v) is 8.71. The van der Waals surface area contributed by atoms with E-state index >= 15 is 0 Å². The molecule has 1 saturated heterocycles. The van der Waals surface area contributed by atoms with Crippen LogP contribution in [0.3, 0.4) is 0 Å². The molecule has 0 saturated carbocycles. The fraction of sp³-hybridized carbons (Fsp3) is 0.429. The predicted octanol–water partition coefficient (Wildman–Crippen LogP) is 2.25. The molecule has 9 nitrogen and oxygen atoms in total. The van der Waals surface area contributed by atoms with Crippen LogP contribution >= 0.6 is 15.9 Å². The predicted molar refractivity (Wildman–Crippen MR) is 119 cm³/mol. The number of aliphatic hydroxyl groups is 1. The smallest absolute Gasteiger partial charge is 0.338 e. The van der Waals surface area contributed by atoms with Crippen LogP contribution < -0.4 is 5.32 Å². The minimum atomic E-state index is -3.29. The largest absolute Gasteiger partial charge is 0.463 e. The molecule has 2 aromatic rings. The van der Waals surface area contributed by atoms with Crippen LogP contribution in [0.2, 0.25) is 0 Å². The average Bonchev–Trinajstić information content (AvgIpc) is 3.31. The standard InChI is InChI=1S/C21H22BrF3N6O3/c1-2-34-19(33)17-15(10-30-8-5-16(32)21(24,25)11-30)28-20(31-26-6-7-27-31)29-18(17)13-4-3-12(23)9-14(13)22/h3-4,6-7,9,16,18,32H,2,5,8,10-11H2,1H3,(H,28,29). The number of nitrogens with one attached hydrogen (secondary N) is 1. The number of hydrogen-bond acceptors (Lipinski definition) is 8. The van der Waals surface area contributed by atoms with E-state index in [1.165, 1.54) is 40.3 Å². The Morgan fingerprint density at radius 3 is 2.74 bits per heavy atom. The summed E-state index contributed by atoms with van der Waals surface area (Å²) in [6.07, 6.45) is 1.02. The number of aliphatic hydroxyl groups excluding tert-OH is 1. The van der Waals surface area contributed by atoms with Gasteiger partial charge in [0.05, 0.1) is 31.1 Å².